The number of carbonyl (C=O) groups excluding carboxylic acids is 1. The van der Waals surface area contributed by atoms with E-state index < -0.39 is 0 Å². The minimum atomic E-state index is -0.0638. The highest BCUT2D eigenvalue weighted by Gasteiger charge is 2.23. The molecular formula is C18H23BrN4O2. The number of fused-ring (bicyclic) bond motifs is 1. The van der Waals surface area contributed by atoms with Crippen molar-refractivity contribution in [2.75, 3.05) is 19.7 Å². The van der Waals surface area contributed by atoms with Crippen LogP contribution in [0.4, 0.5) is 0 Å². The number of hydrogen-bond acceptors (Lipinski definition) is 4. The van der Waals surface area contributed by atoms with Crippen LogP contribution in [0.1, 0.15) is 61.7 Å². The second-order valence-electron chi connectivity index (χ2n) is 6.85. The Hall–Kier alpha value is -1.47. The van der Waals surface area contributed by atoms with E-state index in [9.17, 15) is 4.79 Å². The van der Waals surface area contributed by atoms with E-state index in [4.69, 9.17) is 4.74 Å². The molecule has 2 aliphatic rings. The first-order valence-electron chi connectivity index (χ1n) is 9.19. The molecule has 6 nitrogen and oxygen atoms in total. The van der Waals surface area contributed by atoms with Gasteiger partial charge >= 0.3 is 0 Å². The highest BCUT2D eigenvalue weighted by atomic mass is 79.9. The largest absolute Gasteiger partial charge is 0.356 e. The van der Waals surface area contributed by atoms with Gasteiger partial charge in [0.1, 0.15) is 10.3 Å². The monoisotopic (exact) mass is 406 g/mol. The van der Waals surface area contributed by atoms with Crippen LogP contribution in [0.25, 0.3) is 10.9 Å². The Morgan fingerprint density at radius 2 is 1.96 bits per heavy atom. The number of amides is 1. The Morgan fingerprint density at radius 3 is 2.68 bits per heavy atom. The normalized spacial score (nSPS) is 22.1. The smallest absolute Gasteiger partial charge is 0.272 e. The zero-order valence-electron chi connectivity index (χ0n) is 14.3. The van der Waals surface area contributed by atoms with Gasteiger partial charge < -0.3 is 9.64 Å². The fourth-order valence-electron chi connectivity index (χ4n) is 3.68. The van der Waals surface area contributed by atoms with Crippen LogP contribution in [0.3, 0.4) is 0 Å². The SMILES string of the molecule is O=C(c1cc2c(cn1)c(Br)nn2C1CCCCO1)N1CCCCCC1. The van der Waals surface area contributed by atoms with Crippen LogP contribution < -0.4 is 0 Å². The average Bonchev–Trinajstić information content (AvgIpc) is 2.83. The molecule has 0 saturated carbocycles. The second-order valence-corrected chi connectivity index (χ2v) is 7.60. The van der Waals surface area contributed by atoms with Gasteiger partial charge in [-0.3, -0.25) is 9.78 Å². The summed E-state index contributed by atoms with van der Waals surface area (Å²) in [5.74, 6) is 0.0252. The number of nitrogens with zero attached hydrogens (tertiary/aromatic N) is 4. The predicted molar refractivity (Wildman–Crippen MR) is 98.4 cm³/mol. The van der Waals surface area contributed by atoms with E-state index in [1.807, 2.05) is 15.6 Å². The minimum absolute atomic E-state index is 0.0252. The molecule has 7 heteroatoms. The lowest BCUT2D eigenvalue weighted by molar-refractivity contribution is -0.0368. The molecule has 2 saturated heterocycles. The highest BCUT2D eigenvalue weighted by molar-refractivity contribution is 9.10. The summed E-state index contributed by atoms with van der Waals surface area (Å²) in [5.41, 5.74) is 1.41. The summed E-state index contributed by atoms with van der Waals surface area (Å²) in [7, 11) is 0. The van der Waals surface area contributed by atoms with Crippen molar-refractivity contribution < 1.29 is 9.53 Å². The lowest BCUT2D eigenvalue weighted by atomic mass is 10.2. The molecule has 1 atom stereocenters. The Kier molecular flexibility index (Phi) is 5.03. The van der Waals surface area contributed by atoms with E-state index >= 15 is 0 Å². The average molecular weight is 407 g/mol. The van der Waals surface area contributed by atoms with Crippen molar-refractivity contribution in [1.82, 2.24) is 19.7 Å². The zero-order chi connectivity index (χ0) is 17.2. The standard InChI is InChI=1S/C18H23BrN4O2/c19-17-13-12-20-14(18(24)22-8-4-1-2-5-9-22)11-15(13)23(21-17)16-7-3-6-10-25-16/h11-12,16H,1-10H2. The molecule has 0 spiro atoms. The van der Waals surface area contributed by atoms with Gasteiger partial charge in [0.15, 0.2) is 6.23 Å². The van der Waals surface area contributed by atoms with Crippen LogP contribution in [-0.4, -0.2) is 45.3 Å². The van der Waals surface area contributed by atoms with Crippen LogP contribution in [0, 0.1) is 0 Å². The first kappa shape index (κ1) is 17.0. The van der Waals surface area contributed by atoms with Crippen LogP contribution in [0.5, 0.6) is 0 Å². The van der Waals surface area contributed by atoms with Crippen LogP contribution >= 0.6 is 15.9 Å². The molecule has 0 bridgehead atoms. The maximum Gasteiger partial charge on any atom is 0.272 e. The number of pyridine rings is 1. The third-order valence-corrected chi connectivity index (χ3v) is 5.67. The number of aromatic nitrogens is 3. The van der Waals surface area contributed by atoms with E-state index in [0.29, 0.717) is 5.69 Å². The van der Waals surface area contributed by atoms with Gasteiger partial charge in [-0.25, -0.2) is 4.68 Å². The van der Waals surface area contributed by atoms with Crippen molar-refractivity contribution in [2.24, 2.45) is 0 Å². The van der Waals surface area contributed by atoms with Gasteiger partial charge in [0, 0.05) is 25.9 Å². The molecule has 25 heavy (non-hydrogen) atoms. The number of ether oxygens (including phenoxy) is 1. The first-order valence-corrected chi connectivity index (χ1v) is 9.98. The van der Waals surface area contributed by atoms with Crippen molar-refractivity contribution in [1.29, 1.82) is 0 Å². The lowest BCUT2D eigenvalue weighted by Crippen LogP contribution is -2.32. The molecule has 134 valence electrons. The molecule has 2 aromatic rings. The van der Waals surface area contributed by atoms with E-state index in [2.05, 4.69) is 26.0 Å². The van der Waals surface area contributed by atoms with Crippen molar-refractivity contribution in [3.63, 3.8) is 0 Å². The fourth-order valence-corrected chi connectivity index (χ4v) is 4.16. The summed E-state index contributed by atoms with van der Waals surface area (Å²) in [4.78, 5) is 19.2. The van der Waals surface area contributed by atoms with Crippen molar-refractivity contribution in [2.45, 2.75) is 51.2 Å². The molecule has 0 radical (unpaired) electrons. The Balaban J connectivity index is 1.67. The topological polar surface area (TPSA) is 60.3 Å². The fraction of sp³-hybridized carbons (Fsp3) is 0.611. The Morgan fingerprint density at radius 1 is 1.16 bits per heavy atom. The number of rotatable bonds is 2. The molecular weight excluding hydrogens is 384 g/mol. The van der Waals surface area contributed by atoms with Gasteiger partial charge in [-0.05, 0) is 54.1 Å². The molecule has 2 aliphatic heterocycles. The summed E-state index contributed by atoms with van der Waals surface area (Å²) >= 11 is 3.51. The van der Waals surface area contributed by atoms with E-state index in [-0.39, 0.29) is 12.1 Å². The summed E-state index contributed by atoms with van der Waals surface area (Å²) in [6.07, 6.45) is 9.42. The number of carbonyl (C=O) groups is 1. The maximum absolute atomic E-state index is 12.9. The summed E-state index contributed by atoms with van der Waals surface area (Å²) in [5, 5.41) is 5.50. The quantitative estimate of drug-likeness (QED) is 0.758. The van der Waals surface area contributed by atoms with Gasteiger partial charge in [0.25, 0.3) is 5.91 Å². The van der Waals surface area contributed by atoms with E-state index in [1.54, 1.807) is 6.20 Å². The number of halogens is 1. The minimum Gasteiger partial charge on any atom is -0.356 e. The van der Waals surface area contributed by atoms with Gasteiger partial charge in [-0.15, -0.1) is 0 Å². The van der Waals surface area contributed by atoms with Crippen molar-refractivity contribution in [3.05, 3.63) is 22.6 Å². The molecule has 1 unspecified atom stereocenters. The van der Waals surface area contributed by atoms with Crippen molar-refractivity contribution in [3.8, 4) is 0 Å². The molecule has 4 rings (SSSR count). The second kappa shape index (κ2) is 7.41. The molecule has 0 N–H and O–H groups in total. The summed E-state index contributed by atoms with van der Waals surface area (Å²) in [6.45, 7) is 2.41. The van der Waals surface area contributed by atoms with Crippen molar-refractivity contribution >= 4 is 32.7 Å². The number of likely N-dealkylation sites (tertiary alicyclic amines) is 1. The van der Waals surface area contributed by atoms with E-state index in [1.165, 1.54) is 12.8 Å². The maximum atomic E-state index is 12.9. The summed E-state index contributed by atoms with van der Waals surface area (Å²) in [6, 6.07) is 1.87. The molecule has 2 aromatic heterocycles. The Bertz CT molecular complexity index is 762. The lowest BCUT2D eigenvalue weighted by Gasteiger charge is -2.23. The third kappa shape index (κ3) is 3.44. The Labute approximate surface area is 155 Å². The van der Waals surface area contributed by atoms with E-state index in [0.717, 1.165) is 67.3 Å². The van der Waals surface area contributed by atoms with Gasteiger partial charge in [0.05, 0.1) is 10.9 Å². The molecule has 1 amide bonds. The van der Waals surface area contributed by atoms with Crippen LogP contribution in [-0.2, 0) is 4.74 Å². The van der Waals surface area contributed by atoms with Gasteiger partial charge in [-0.2, -0.15) is 5.10 Å². The highest BCUT2D eigenvalue weighted by Crippen LogP contribution is 2.30. The molecule has 2 fully saturated rings. The van der Waals surface area contributed by atoms with Crippen LogP contribution in [0.2, 0.25) is 0 Å². The first-order chi connectivity index (χ1) is 12.2. The number of hydrogen-bond donors (Lipinski definition) is 0. The molecule has 0 aromatic carbocycles. The van der Waals surface area contributed by atoms with Gasteiger partial charge in [-0.1, -0.05) is 12.8 Å². The summed E-state index contributed by atoms with van der Waals surface area (Å²) < 4.78 is 8.53. The van der Waals surface area contributed by atoms with Crippen LogP contribution in [0.15, 0.2) is 16.9 Å². The molecule has 4 heterocycles. The molecule has 0 aliphatic carbocycles. The van der Waals surface area contributed by atoms with Gasteiger partial charge in [0.2, 0.25) is 0 Å². The predicted octanol–water partition coefficient (Wildman–Crippen LogP) is 3.91. The zero-order valence-corrected chi connectivity index (χ0v) is 15.9. The third-order valence-electron chi connectivity index (χ3n) is 5.09.